The van der Waals surface area contributed by atoms with Crippen LogP contribution in [0.3, 0.4) is 0 Å². The third-order valence-electron chi connectivity index (χ3n) is 3.22. The summed E-state index contributed by atoms with van der Waals surface area (Å²) < 4.78 is 0. The summed E-state index contributed by atoms with van der Waals surface area (Å²) in [5.74, 6) is 0.325. The second kappa shape index (κ2) is 4.49. The molecule has 1 amide bonds. The van der Waals surface area contributed by atoms with Crippen LogP contribution < -0.4 is 10.6 Å². The van der Waals surface area contributed by atoms with Crippen molar-refractivity contribution in [3.05, 3.63) is 0 Å². The highest BCUT2D eigenvalue weighted by Gasteiger charge is 2.34. The van der Waals surface area contributed by atoms with Crippen molar-refractivity contribution in [1.82, 2.24) is 15.5 Å². The smallest absolute Gasteiger partial charge is 0.224 e. The van der Waals surface area contributed by atoms with E-state index in [0.29, 0.717) is 30.5 Å². The van der Waals surface area contributed by atoms with Crippen molar-refractivity contribution in [2.45, 2.75) is 44.8 Å². The summed E-state index contributed by atoms with van der Waals surface area (Å²) in [6, 6.07) is 1.25. The highest BCUT2D eigenvalue weighted by Crippen LogP contribution is 2.20. The van der Waals surface area contributed by atoms with Gasteiger partial charge >= 0.3 is 0 Å². The standard InChI is InChI=1S/C11H21N3O/c1-8(2)13-9-5-10-7-12-3-4-14(10)11(15)6-9/h8-10,12-13H,3-7H2,1-2H3. The molecular weight excluding hydrogens is 190 g/mol. The summed E-state index contributed by atoms with van der Waals surface area (Å²) in [5.41, 5.74) is 0. The number of carbonyl (C=O) groups excluding carboxylic acids is 1. The number of rotatable bonds is 2. The largest absolute Gasteiger partial charge is 0.337 e. The zero-order chi connectivity index (χ0) is 10.8. The minimum atomic E-state index is 0.325. The molecule has 2 aliphatic rings. The van der Waals surface area contributed by atoms with Crippen LogP contribution in [0.15, 0.2) is 0 Å². The summed E-state index contributed by atoms with van der Waals surface area (Å²) >= 11 is 0. The topological polar surface area (TPSA) is 44.4 Å². The molecule has 0 radical (unpaired) electrons. The number of nitrogens with zero attached hydrogens (tertiary/aromatic N) is 1. The van der Waals surface area contributed by atoms with E-state index in [0.717, 1.165) is 26.1 Å². The molecule has 2 heterocycles. The van der Waals surface area contributed by atoms with E-state index in [2.05, 4.69) is 29.4 Å². The number of piperazine rings is 1. The van der Waals surface area contributed by atoms with Crippen molar-refractivity contribution in [2.75, 3.05) is 19.6 Å². The maximum absolute atomic E-state index is 11.9. The fourth-order valence-electron chi connectivity index (χ4n) is 2.64. The van der Waals surface area contributed by atoms with Crippen LogP contribution in [0.4, 0.5) is 0 Å². The Bertz CT molecular complexity index is 242. The fourth-order valence-corrected chi connectivity index (χ4v) is 2.64. The van der Waals surface area contributed by atoms with E-state index >= 15 is 0 Å². The average Bonchev–Trinajstić information content (AvgIpc) is 2.16. The maximum atomic E-state index is 11.9. The Balaban J connectivity index is 1.95. The number of nitrogens with one attached hydrogen (secondary N) is 2. The first-order valence-corrected chi connectivity index (χ1v) is 5.93. The minimum absolute atomic E-state index is 0.325. The highest BCUT2D eigenvalue weighted by molar-refractivity contribution is 5.78. The fraction of sp³-hybridized carbons (Fsp3) is 0.909. The highest BCUT2D eigenvalue weighted by atomic mass is 16.2. The molecule has 0 aliphatic carbocycles. The molecule has 2 unspecified atom stereocenters. The van der Waals surface area contributed by atoms with Gasteiger partial charge in [-0.3, -0.25) is 4.79 Å². The second-order valence-corrected chi connectivity index (χ2v) is 4.90. The van der Waals surface area contributed by atoms with Crippen LogP contribution in [0, 0.1) is 0 Å². The van der Waals surface area contributed by atoms with Gasteiger partial charge in [-0.1, -0.05) is 13.8 Å². The molecule has 2 N–H and O–H groups in total. The summed E-state index contributed by atoms with van der Waals surface area (Å²) in [5, 5.41) is 6.83. The first kappa shape index (κ1) is 10.9. The van der Waals surface area contributed by atoms with Crippen molar-refractivity contribution >= 4 is 5.91 Å². The van der Waals surface area contributed by atoms with Crippen LogP contribution in [0.1, 0.15) is 26.7 Å². The van der Waals surface area contributed by atoms with Gasteiger partial charge in [0.15, 0.2) is 0 Å². The average molecular weight is 211 g/mol. The molecule has 4 nitrogen and oxygen atoms in total. The lowest BCUT2D eigenvalue weighted by molar-refractivity contribution is -0.138. The van der Waals surface area contributed by atoms with Crippen LogP contribution in [0.25, 0.3) is 0 Å². The molecule has 0 aromatic rings. The Hall–Kier alpha value is -0.610. The molecule has 0 bridgehead atoms. The van der Waals surface area contributed by atoms with E-state index in [1.807, 2.05) is 0 Å². The van der Waals surface area contributed by atoms with Crippen LogP contribution in [0.2, 0.25) is 0 Å². The molecule has 0 aromatic heterocycles. The quantitative estimate of drug-likeness (QED) is 0.673. The zero-order valence-corrected chi connectivity index (χ0v) is 9.62. The molecular formula is C11H21N3O. The van der Waals surface area contributed by atoms with E-state index < -0.39 is 0 Å². The number of carbonyl (C=O) groups is 1. The minimum Gasteiger partial charge on any atom is -0.337 e. The SMILES string of the molecule is CC(C)NC1CC(=O)N2CCNCC2C1. The van der Waals surface area contributed by atoms with E-state index in [1.54, 1.807) is 0 Å². The summed E-state index contributed by atoms with van der Waals surface area (Å²) in [6.45, 7) is 7.07. The van der Waals surface area contributed by atoms with Crippen LogP contribution >= 0.6 is 0 Å². The Morgan fingerprint density at radius 1 is 1.53 bits per heavy atom. The summed E-state index contributed by atoms with van der Waals surface area (Å²) in [4.78, 5) is 13.9. The molecule has 86 valence electrons. The Labute approximate surface area is 91.4 Å². The molecule has 0 saturated carbocycles. The monoisotopic (exact) mass is 211 g/mol. The van der Waals surface area contributed by atoms with Crippen LogP contribution in [-0.2, 0) is 4.79 Å². The molecule has 2 fully saturated rings. The molecule has 2 saturated heterocycles. The van der Waals surface area contributed by atoms with Gasteiger partial charge in [-0.05, 0) is 6.42 Å². The normalized spacial score (nSPS) is 31.9. The Morgan fingerprint density at radius 3 is 3.07 bits per heavy atom. The lowest BCUT2D eigenvalue weighted by Gasteiger charge is -2.43. The number of hydrogen-bond donors (Lipinski definition) is 2. The Morgan fingerprint density at radius 2 is 2.33 bits per heavy atom. The van der Waals surface area contributed by atoms with Gasteiger partial charge in [0.2, 0.25) is 5.91 Å². The van der Waals surface area contributed by atoms with E-state index in [-0.39, 0.29) is 0 Å². The number of hydrogen-bond acceptors (Lipinski definition) is 3. The van der Waals surface area contributed by atoms with Crippen molar-refractivity contribution in [3.63, 3.8) is 0 Å². The molecule has 0 aromatic carbocycles. The summed E-state index contributed by atoms with van der Waals surface area (Å²) in [6.07, 6.45) is 1.77. The van der Waals surface area contributed by atoms with Crippen molar-refractivity contribution in [3.8, 4) is 0 Å². The zero-order valence-electron chi connectivity index (χ0n) is 9.62. The van der Waals surface area contributed by atoms with E-state index in [9.17, 15) is 4.79 Å². The maximum Gasteiger partial charge on any atom is 0.224 e. The Kier molecular flexibility index (Phi) is 3.26. The molecule has 4 heteroatoms. The molecule has 2 rings (SSSR count). The van der Waals surface area contributed by atoms with Gasteiger partial charge in [0.25, 0.3) is 0 Å². The van der Waals surface area contributed by atoms with Crippen LogP contribution in [0.5, 0.6) is 0 Å². The van der Waals surface area contributed by atoms with Gasteiger partial charge < -0.3 is 15.5 Å². The molecule has 15 heavy (non-hydrogen) atoms. The van der Waals surface area contributed by atoms with Crippen molar-refractivity contribution in [1.29, 1.82) is 0 Å². The number of piperidine rings is 1. The number of fused-ring (bicyclic) bond motifs is 1. The first-order chi connectivity index (χ1) is 7.16. The lowest BCUT2D eigenvalue weighted by atomic mass is 9.94. The third-order valence-corrected chi connectivity index (χ3v) is 3.22. The van der Waals surface area contributed by atoms with Gasteiger partial charge in [-0.2, -0.15) is 0 Å². The first-order valence-electron chi connectivity index (χ1n) is 5.93. The number of amides is 1. The van der Waals surface area contributed by atoms with Crippen molar-refractivity contribution in [2.24, 2.45) is 0 Å². The molecule has 2 atom stereocenters. The van der Waals surface area contributed by atoms with Crippen molar-refractivity contribution < 1.29 is 4.79 Å². The van der Waals surface area contributed by atoms with Gasteiger partial charge in [-0.15, -0.1) is 0 Å². The second-order valence-electron chi connectivity index (χ2n) is 4.90. The van der Waals surface area contributed by atoms with Gasteiger partial charge in [0.05, 0.1) is 0 Å². The predicted molar refractivity (Wildman–Crippen MR) is 59.7 cm³/mol. The molecule has 0 spiro atoms. The van der Waals surface area contributed by atoms with E-state index in [1.165, 1.54) is 0 Å². The molecule has 2 aliphatic heterocycles. The predicted octanol–water partition coefficient (Wildman–Crippen LogP) is -0.0528. The third kappa shape index (κ3) is 2.49. The summed E-state index contributed by atoms with van der Waals surface area (Å²) in [7, 11) is 0. The van der Waals surface area contributed by atoms with Gasteiger partial charge in [0, 0.05) is 44.2 Å². The van der Waals surface area contributed by atoms with Gasteiger partial charge in [-0.25, -0.2) is 0 Å². The van der Waals surface area contributed by atoms with Crippen LogP contribution in [-0.4, -0.2) is 48.6 Å². The van der Waals surface area contributed by atoms with Gasteiger partial charge in [0.1, 0.15) is 0 Å². The lowest BCUT2D eigenvalue weighted by Crippen LogP contribution is -2.60. The van der Waals surface area contributed by atoms with E-state index in [4.69, 9.17) is 0 Å².